The van der Waals surface area contributed by atoms with Crippen LogP contribution in [-0.2, 0) is 13.0 Å². The highest BCUT2D eigenvalue weighted by Crippen LogP contribution is 2.37. The monoisotopic (exact) mass is 437 g/mol. The fourth-order valence-corrected chi connectivity index (χ4v) is 5.19. The molecule has 0 aliphatic carbocycles. The predicted octanol–water partition coefficient (Wildman–Crippen LogP) is 5.26. The van der Waals surface area contributed by atoms with Crippen molar-refractivity contribution < 1.29 is 9.53 Å². The van der Waals surface area contributed by atoms with E-state index in [1.54, 1.807) is 6.07 Å². The first-order valence-electron chi connectivity index (χ1n) is 11.1. The van der Waals surface area contributed by atoms with E-state index in [0.29, 0.717) is 23.8 Å². The van der Waals surface area contributed by atoms with Crippen LogP contribution in [-0.4, -0.2) is 34.0 Å². The number of amides is 1. The molecule has 164 valence electrons. The van der Waals surface area contributed by atoms with Crippen molar-refractivity contribution in [1.29, 1.82) is 0 Å². The molecule has 6 heteroatoms. The van der Waals surface area contributed by atoms with E-state index < -0.39 is 5.91 Å². The molecule has 0 atom stereocenters. The van der Waals surface area contributed by atoms with E-state index >= 15 is 0 Å². The van der Waals surface area contributed by atoms with Crippen LogP contribution in [0.15, 0.2) is 42.6 Å². The molecule has 1 aromatic heterocycles. The van der Waals surface area contributed by atoms with Gasteiger partial charge in [-0.25, -0.2) is 0 Å². The lowest BCUT2D eigenvalue weighted by atomic mass is 9.89. The van der Waals surface area contributed by atoms with Crippen molar-refractivity contribution in [3.8, 4) is 5.75 Å². The molecule has 0 unspecified atom stereocenters. The quantitative estimate of drug-likeness (QED) is 0.472. The molecule has 0 radical (unpaired) electrons. The zero-order valence-corrected chi connectivity index (χ0v) is 19.1. The van der Waals surface area contributed by atoms with Gasteiger partial charge in [-0.3, -0.25) is 9.10 Å². The van der Waals surface area contributed by atoms with Gasteiger partial charge in [0.25, 0.3) is 5.91 Å². The lowest BCUT2D eigenvalue weighted by Crippen LogP contribution is -2.27. The Hall–Kier alpha value is -2.44. The minimum absolute atomic E-state index is 0.440. The van der Waals surface area contributed by atoms with Crippen LogP contribution in [0, 0.1) is 0 Å². The Morgan fingerprint density at radius 2 is 1.87 bits per heavy atom. The molecule has 3 aromatic rings. The molecule has 1 aliphatic heterocycles. The zero-order chi connectivity index (χ0) is 21.8. The fraction of sp³-hybridized carbons (Fsp3) is 0.400. The summed E-state index contributed by atoms with van der Waals surface area (Å²) in [5.41, 5.74) is 10.7. The van der Waals surface area contributed by atoms with Gasteiger partial charge in [-0.2, -0.15) is 0 Å². The van der Waals surface area contributed by atoms with Crippen LogP contribution in [0.25, 0.3) is 10.9 Å². The summed E-state index contributed by atoms with van der Waals surface area (Å²) in [5.74, 6) is 1.83. The summed E-state index contributed by atoms with van der Waals surface area (Å²) in [4.78, 5) is 15.5. The summed E-state index contributed by atoms with van der Waals surface area (Å²) in [6.07, 6.45) is 5.30. The lowest BCUT2D eigenvalue weighted by molar-refractivity contribution is 0.100. The molecular formula is C25H31N3O2S. The van der Waals surface area contributed by atoms with Crippen molar-refractivity contribution in [2.75, 3.05) is 18.8 Å². The third-order valence-corrected chi connectivity index (χ3v) is 7.09. The van der Waals surface area contributed by atoms with E-state index in [2.05, 4.69) is 59.7 Å². The Bertz CT molecular complexity index is 1040. The number of aromatic nitrogens is 1. The SMILES string of the molecule is CCSN1CCC(c2c[nH]c3c(C(N)=O)cc(OCc4ccc(CC)cc4)cc23)CC1. The second kappa shape index (κ2) is 9.79. The predicted molar refractivity (Wildman–Crippen MR) is 129 cm³/mol. The number of nitrogens with one attached hydrogen (secondary N) is 1. The number of aryl methyl sites for hydroxylation is 1. The maximum absolute atomic E-state index is 12.1. The Kier molecular flexibility index (Phi) is 6.88. The first kappa shape index (κ1) is 21.8. The number of aromatic amines is 1. The van der Waals surface area contributed by atoms with Gasteiger partial charge in [-0.15, -0.1) is 0 Å². The summed E-state index contributed by atoms with van der Waals surface area (Å²) in [7, 11) is 0. The minimum atomic E-state index is -0.440. The fourth-order valence-electron chi connectivity index (χ4n) is 4.36. The van der Waals surface area contributed by atoms with Crippen LogP contribution in [0.1, 0.15) is 59.7 Å². The van der Waals surface area contributed by atoms with Crippen LogP contribution in [0.4, 0.5) is 0 Å². The van der Waals surface area contributed by atoms with Crippen molar-refractivity contribution in [2.24, 2.45) is 5.73 Å². The number of fused-ring (bicyclic) bond motifs is 1. The number of hydrogen-bond acceptors (Lipinski definition) is 4. The van der Waals surface area contributed by atoms with E-state index in [-0.39, 0.29) is 0 Å². The summed E-state index contributed by atoms with van der Waals surface area (Å²) in [6, 6.07) is 12.3. The average molecular weight is 438 g/mol. The second-order valence-corrected chi connectivity index (χ2v) is 9.43. The van der Waals surface area contributed by atoms with E-state index in [0.717, 1.165) is 54.6 Å². The number of hydrogen-bond donors (Lipinski definition) is 2. The number of rotatable bonds is 8. The molecule has 5 nitrogen and oxygen atoms in total. The normalized spacial score (nSPS) is 15.4. The first-order chi connectivity index (χ1) is 15.1. The zero-order valence-electron chi connectivity index (χ0n) is 18.3. The molecular weight excluding hydrogens is 406 g/mol. The number of piperidine rings is 1. The van der Waals surface area contributed by atoms with Gasteiger partial charge < -0.3 is 15.5 Å². The molecule has 2 heterocycles. The van der Waals surface area contributed by atoms with Gasteiger partial charge in [0.05, 0.1) is 11.1 Å². The Balaban J connectivity index is 1.58. The molecule has 3 N–H and O–H groups in total. The molecule has 0 spiro atoms. The molecule has 1 amide bonds. The molecule has 4 rings (SSSR count). The van der Waals surface area contributed by atoms with Gasteiger partial charge in [-0.05, 0) is 54.0 Å². The summed E-state index contributed by atoms with van der Waals surface area (Å²) in [6.45, 7) is 6.97. The summed E-state index contributed by atoms with van der Waals surface area (Å²) < 4.78 is 8.55. The number of carbonyl (C=O) groups is 1. The van der Waals surface area contributed by atoms with Crippen LogP contribution in [0.2, 0.25) is 0 Å². The third kappa shape index (κ3) is 4.91. The van der Waals surface area contributed by atoms with Crippen molar-refractivity contribution in [2.45, 2.75) is 45.6 Å². The van der Waals surface area contributed by atoms with Crippen molar-refractivity contribution in [1.82, 2.24) is 9.29 Å². The molecule has 0 bridgehead atoms. The minimum Gasteiger partial charge on any atom is -0.489 e. The highest BCUT2D eigenvalue weighted by Gasteiger charge is 2.24. The largest absolute Gasteiger partial charge is 0.489 e. The van der Waals surface area contributed by atoms with Gasteiger partial charge in [0.1, 0.15) is 12.4 Å². The van der Waals surface area contributed by atoms with E-state index in [1.807, 2.05) is 11.9 Å². The summed E-state index contributed by atoms with van der Waals surface area (Å²) >= 11 is 1.91. The maximum atomic E-state index is 12.1. The van der Waals surface area contributed by atoms with Crippen molar-refractivity contribution in [3.63, 3.8) is 0 Å². The van der Waals surface area contributed by atoms with Gasteiger partial charge >= 0.3 is 0 Å². The molecule has 1 saturated heterocycles. The number of ether oxygens (including phenoxy) is 1. The standard InChI is InChI=1S/C25H31N3O2S/c1-3-17-5-7-18(8-6-17)16-30-20-13-21-23(15-27-24(21)22(14-20)25(26)29)19-9-11-28(12-10-19)31-4-2/h5-8,13-15,19,27H,3-4,9-12,16H2,1-2H3,(H2,26,29). The number of nitrogens with zero attached hydrogens (tertiary/aromatic N) is 1. The highest BCUT2D eigenvalue weighted by atomic mass is 32.2. The molecule has 2 aromatic carbocycles. The Labute approximate surface area is 188 Å². The second-order valence-electron chi connectivity index (χ2n) is 8.08. The first-order valence-corrected chi connectivity index (χ1v) is 12.1. The van der Waals surface area contributed by atoms with Gasteiger partial charge in [0.15, 0.2) is 0 Å². The number of nitrogens with two attached hydrogens (primary N) is 1. The summed E-state index contributed by atoms with van der Waals surface area (Å²) in [5, 5.41) is 1.05. The van der Waals surface area contributed by atoms with Crippen LogP contribution in [0.3, 0.4) is 0 Å². The molecule has 0 saturated carbocycles. The number of benzene rings is 2. The molecule has 1 aliphatic rings. The van der Waals surface area contributed by atoms with Crippen molar-refractivity contribution >= 4 is 28.8 Å². The smallest absolute Gasteiger partial charge is 0.250 e. The van der Waals surface area contributed by atoms with Crippen LogP contribution >= 0.6 is 11.9 Å². The maximum Gasteiger partial charge on any atom is 0.250 e. The van der Waals surface area contributed by atoms with Gasteiger partial charge in [0, 0.05) is 30.4 Å². The average Bonchev–Trinajstić information content (AvgIpc) is 3.22. The van der Waals surface area contributed by atoms with Crippen LogP contribution < -0.4 is 10.5 Å². The highest BCUT2D eigenvalue weighted by molar-refractivity contribution is 7.96. The number of H-pyrrole nitrogens is 1. The van der Waals surface area contributed by atoms with E-state index in [9.17, 15) is 4.79 Å². The van der Waals surface area contributed by atoms with Gasteiger partial charge in [0.2, 0.25) is 0 Å². The van der Waals surface area contributed by atoms with Crippen LogP contribution in [0.5, 0.6) is 5.75 Å². The Morgan fingerprint density at radius 3 is 2.52 bits per heavy atom. The number of carbonyl (C=O) groups excluding carboxylic acids is 1. The molecule has 1 fully saturated rings. The van der Waals surface area contributed by atoms with E-state index in [4.69, 9.17) is 10.5 Å². The van der Waals surface area contributed by atoms with Crippen molar-refractivity contribution in [3.05, 3.63) is 64.8 Å². The Morgan fingerprint density at radius 1 is 1.16 bits per heavy atom. The third-order valence-electron chi connectivity index (χ3n) is 6.10. The topological polar surface area (TPSA) is 71.3 Å². The molecule has 31 heavy (non-hydrogen) atoms. The lowest BCUT2D eigenvalue weighted by Gasteiger charge is -2.30. The van der Waals surface area contributed by atoms with Gasteiger partial charge in [-0.1, -0.05) is 50.1 Å². The van der Waals surface area contributed by atoms with E-state index in [1.165, 1.54) is 11.1 Å². The number of primary amides is 1.